The molecule has 0 saturated heterocycles. The second kappa shape index (κ2) is 6.76. The Hall–Kier alpha value is -3.75. The first-order valence-corrected chi connectivity index (χ1v) is 8.15. The first-order valence-electron chi connectivity index (χ1n) is 8.15. The van der Waals surface area contributed by atoms with Crippen LogP contribution in [0.3, 0.4) is 0 Å². The van der Waals surface area contributed by atoms with Gasteiger partial charge in [-0.1, -0.05) is 12.1 Å². The number of anilines is 1. The number of benzene rings is 1. The number of alkyl halides is 3. The van der Waals surface area contributed by atoms with Crippen LogP contribution >= 0.6 is 0 Å². The number of fused-ring (bicyclic) bond motifs is 1. The van der Waals surface area contributed by atoms with E-state index in [1.807, 2.05) is 0 Å². The fourth-order valence-corrected chi connectivity index (χ4v) is 2.69. The van der Waals surface area contributed by atoms with Crippen LogP contribution in [0, 0.1) is 0 Å². The van der Waals surface area contributed by atoms with Crippen molar-refractivity contribution >= 4 is 17.2 Å². The molecule has 9 heteroatoms. The van der Waals surface area contributed by atoms with Crippen LogP contribution in [0.5, 0.6) is 0 Å². The van der Waals surface area contributed by atoms with Crippen molar-refractivity contribution in [1.29, 1.82) is 0 Å². The van der Waals surface area contributed by atoms with Gasteiger partial charge in [0.1, 0.15) is 5.69 Å². The number of aromatic nitrogens is 4. The lowest BCUT2D eigenvalue weighted by Gasteiger charge is -2.07. The highest BCUT2D eigenvalue weighted by Gasteiger charge is 2.30. The number of halogens is 3. The number of rotatable bonds is 3. The van der Waals surface area contributed by atoms with Gasteiger partial charge in [0.05, 0.1) is 11.3 Å². The molecule has 4 aromatic rings. The standard InChI is InChI=1S/C19H12F3N5O/c20-19(21,22)13-3-1-2-12(10-13)15-11-17-24-9-6-16(27(17)26-15)18(28)25-14-4-7-23-8-5-14/h1-11H,(H,23,25,28). The van der Waals surface area contributed by atoms with Gasteiger partial charge in [-0.05, 0) is 30.3 Å². The lowest BCUT2D eigenvalue weighted by molar-refractivity contribution is -0.137. The Balaban J connectivity index is 1.73. The van der Waals surface area contributed by atoms with Crippen LogP contribution in [0.4, 0.5) is 18.9 Å². The minimum atomic E-state index is -4.46. The van der Waals surface area contributed by atoms with E-state index in [2.05, 4.69) is 20.4 Å². The van der Waals surface area contributed by atoms with Gasteiger partial charge in [-0.15, -0.1) is 0 Å². The van der Waals surface area contributed by atoms with E-state index in [0.717, 1.165) is 12.1 Å². The van der Waals surface area contributed by atoms with Crippen LogP contribution in [0.25, 0.3) is 16.9 Å². The highest BCUT2D eigenvalue weighted by atomic mass is 19.4. The number of nitrogens with one attached hydrogen (secondary N) is 1. The molecule has 28 heavy (non-hydrogen) atoms. The van der Waals surface area contributed by atoms with Crippen molar-refractivity contribution < 1.29 is 18.0 Å². The SMILES string of the molecule is O=C(Nc1ccncc1)c1ccnc2cc(-c3cccc(C(F)(F)F)c3)nn12. The average Bonchev–Trinajstić information content (AvgIpc) is 3.12. The Morgan fingerprint density at radius 2 is 1.79 bits per heavy atom. The Morgan fingerprint density at radius 1 is 1.00 bits per heavy atom. The molecule has 0 aliphatic rings. The second-order valence-electron chi connectivity index (χ2n) is 5.90. The highest BCUT2D eigenvalue weighted by Crippen LogP contribution is 2.32. The molecule has 0 aliphatic heterocycles. The zero-order valence-corrected chi connectivity index (χ0v) is 14.2. The summed E-state index contributed by atoms with van der Waals surface area (Å²) < 4.78 is 40.2. The lowest BCUT2D eigenvalue weighted by Crippen LogP contribution is -2.16. The molecule has 0 bridgehead atoms. The van der Waals surface area contributed by atoms with Crippen LogP contribution in [0.1, 0.15) is 16.1 Å². The Bertz CT molecular complexity index is 1160. The second-order valence-corrected chi connectivity index (χ2v) is 5.90. The van der Waals surface area contributed by atoms with Gasteiger partial charge in [0.2, 0.25) is 0 Å². The number of nitrogens with zero attached hydrogens (tertiary/aromatic N) is 4. The molecule has 140 valence electrons. The molecule has 0 fully saturated rings. The van der Waals surface area contributed by atoms with Crippen molar-refractivity contribution in [2.75, 3.05) is 5.32 Å². The first-order chi connectivity index (χ1) is 13.4. The summed E-state index contributed by atoms with van der Waals surface area (Å²) in [6.45, 7) is 0. The minimum Gasteiger partial charge on any atom is -0.321 e. The van der Waals surface area contributed by atoms with E-state index in [4.69, 9.17) is 0 Å². The van der Waals surface area contributed by atoms with Gasteiger partial charge >= 0.3 is 6.18 Å². The molecule has 3 heterocycles. The average molecular weight is 383 g/mol. The maximum absolute atomic E-state index is 13.0. The van der Waals surface area contributed by atoms with E-state index >= 15 is 0 Å². The Morgan fingerprint density at radius 3 is 2.54 bits per heavy atom. The molecule has 0 aliphatic carbocycles. The summed E-state index contributed by atoms with van der Waals surface area (Å²) >= 11 is 0. The molecular formula is C19H12F3N5O. The predicted octanol–water partition coefficient (Wildman–Crippen LogP) is 4.06. The monoisotopic (exact) mass is 383 g/mol. The van der Waals surface area contributed by atoms with Gasteiger partial charge < -0.3 is 5.32 Å². The summed E-state index contributed by atoms with van der Waals surface area (Å²) in [4.78, 5) is 20.6. The minimum absolute atomic E-state index is 0.194. The number of pyridine rings is 1. The van der Waals surface area contributed by atoms with Gasteiger partial charge in [-0.2, -0.15) is 18.3 Å². The fraction of sp³-hybridized carbons (Fsp3) is 0.0526. The summed E-state index contributed by atoms with van der Waals surface area (Å²) in [6, 6.07) is 11.1. The molecule has 0 radical (unpaired) electrons. The zero-order valence-electron chi connectivity index (χ0n) is 14.2. The fourth-order valence-electron chi connectivity index (χ4n) is 2.69. The Labute approximate surface area is 156 Å². The lowest BCUT2D eigenvalue weighted by atomic mass is 10.1. The van der Waals surface area contributed by atoms with Crippen molar-refractivity contribution in [3.63, 3.8) is 0 Å². The molecule has 6 nitrogen and oxygen atoms in total. The third-order valence-corrected chi connectivity index (χ3v) is 4.01. The van der Waals surface area contributed by atoms with E-state index in [9.17, 15) is 18.0 Å². The van der Waals surface area contributed by atoms with Crippen molar-refractivity contribution in [3.05, 3.63) is 78.4 Å². The number of hydrogen-bond acceptors (Lipinski definition) is 4. The van der Waals surface area contributed by atoms with Crippen molar-refractivity contribution in [2.24, 2.45) is 0 Å². The maximum Gasteiger partial charge on any atom is 0.416 e. The van der Waals surface area contributed by atoms with Gasteiger partial charge in [0.15, 0.2) is 5.65 Å². The first kappa shape index (κ1) is 17.7. The van der Waals surface area contributed by atoms with Gasteiger partial charge in [0, 0.05) is 35.9 Å². The molecule has 4 rings (SSSR count). The molecule has 1 aromatic carbocycles. The Kier molecular flexibility index (Phi) is 4.26. The molecule has 0 unspecified atom stereocenters. The van der Waals surface area contributed by atoms with E-state index in [1.165, 1.54) is 47.4 Å². The number of carbonyl (C=O) groups is 1. The number of hydrogen-bond donors (Lipinski definition) is 1. The normalized spacial score (nSPS) is 11.5. The van der Waals surface area contributed by atoms with Gasteiger partial charge in [-0.25, -0.2) is 9.50 Å². The van der Waals surface area contributed by atoms with E-state index < -0.39 is 17.6 Å². The summed E-state index contributed by atoms with van der Waals surface area (Å²) in [5.41, 5.74) is 0.874. The zero-order chi connectivity index (χ0) is 19.7. The highest BCUT2D eigenvalue weighted by molar-refractivity contribution is 6.03. The summed E-state index contributed by atoms with van der Waals surface area (Å²) in [6.07, 6.45) is 0.0617. The number of carbonyl (C=O) groups excluding carboxylic acids is 1. The number of amides is 1. The topological polar surface area (TPSA) is 72.2 Å². The predicted molar refractivity (Wildman–Crippen MR) is 95.6 cm³/mol. The van der Waals surface area contributed by atoms with Crippen LogP contribution in [0.15, 0.2) is 67.1 Å². The van der Waals surface area contributed by atoms with Gasteiger partial charge in [0.25, 0.3) is 5.91 Å². The van der Waals surface area contributed by atoms with E-state index in [1.54, 1.807) is 12.1 Å². The summed E-state index contributed by atoms with van der Waals surface area (Å²) in [5, 5.41) is 6.99. The van der Waals surface area contributed by atoms with Crippen molar-refractivity contribution in [1.82, 2.24) is 19.6 Å². The largest absolute Gasteiger partial charge is 0.416 e. The van der Waals surface area contributed by atoms with Crippen molar-refractivity contribution in [2.45, 2.75) is 6.18 Å². The summed E-state index contributed by atoms with van der Waals surface area (Å²) in [5.74, 6) is -0.433. The molecule has 3 aromatic heterocycles. The summed E-state index contributed by atoms with van der Waals surface area (Å²) in [7, 11) is 0. The molecule has 1 amide bonds. The van der Waals surface area contributed by atoms with E-state index in [0.29, 0.717) is 11.3 Å². The third-order valence-electron chi connectivity index (χ3n) is 4.01. The van der Waals surface area contributed by atoms with Crippen LogP contribution < -0.4 is 5.32 Å². The van der Waals surface area contributed by atoms with Crippen LogP contribution in [-0.2, 0) is 6.18 Å². The molecule has 0 saturated carbocycles. The van der Waals surface area contributed by atoms with Gasteiger partial charge in [-0.3, -0.25) is 9.78 Å². The van der Waals surface area contributed by atoms with Crippen molar-refractivity contribution in [3.8, 4) is 11.3 Å². The smallest absolute Gasteiger partial charge is 0.321 e. The molecule has 0 atom stereocenters. The quantitative estimate of drug-likeness (QED) is 0.579. The van der Waals surface area contributed by atoms with E-state index in [-0.39, 0.29) is 17.0 Å². The molecular weight excluding hydrogens is 371 g/mol. The third kappa shape index (κ3) is 3.41. The van der Waals surface area contributed by atoms with Crippen LogP contribution in [-0.4, -0.2) is 25.5 Å². The molecule has 0 spiro atoms. The van der Waals surface area contributed by atoms with Crippen LogP contribution in [0.2, 0.25) is 0 Å². The maximum atomic E-state index is 13.0. The molecule has 1 N–H and O–H groups in total.